The molecule has 3 unspecified atom stereocenters. The van der Waals surface area contributed by atoms with E-state index in [0.29, 0.717) is 0 Å². The standard InChI is InChI=1S/C23H47NO3/c1-20(2,3)24-15-13-14-17(25-21(4,5)6)19(27-23(10,11)12)18(16-24)26-22(7,8)9/h17-19H,13-16H2,1-12H3. The van der Waals surface area contributed by atoms with Crippen molar-refractivity contribution < 1.29 is 14.2 Å². The molecule has 0 aromatic heterocycles. The molecule has 0 aromatic carbocycles. The van der Waals surface area contributed by atoms with E-state index < -0.39 is 0 Å². The van der Waals surface area contributed by atoms with Crippen LogP contribution < -0.4 is 0 Å². The van der Waals surface area contributed by atoms with Crippen LogP contribution in [0, 0.1) is 0 Å². The molecule has 1 saturated heterocycles. The monoisotopic (exact) mass is 385 g/mol. The van der Waals surface area contributed by atoms with Crippen molar-refractivity contribution in [1.82, 2.24) is 4.90 Å². The Kier molecular flexibility index (Phi) is 8.00. The van der Waals surface area contributed by atoms with Gasteiger partial charge in [0.2, 0.25) is 0 Å². The van der Waals surface area contributed by atoms with E-state index in [-0.39, 0.29) is 40.7 Å². The highest BCUT2D eigenvalue weighted by Gasteiger charge is 2.42. The van der Waals surface area contributed by atoms with E-state index in [1.807, 2.05) is 0 Å². The van der Waals surface area contributed by atoms with Crippen LogP contribution >= 0.6 is 0 Å². The fourth-order valence-electron chi connectivity index (χ4n) is 3.61. The molecule has 27 heavy (non-hydrogen) atoms. The normalized spacial score (nSPS) is 27.3. The van der Waals surface area contributed by atoms with Gasteiger partial charge in [-0.05, 0) is 102 Å². The van der Waals surface area contributed by atoms with Crippen LogP contribution in [0.25, 0.3) is 0 Å². The molecule has 1 fully saturated rings. The molecule has 4 nitrogen and oxygen atoms in total. The molecule has 0 spiro atoms. The van der Waals surface area contributed by atoms with E-state index in [9.17, 15) is 0 Å². The Morgan fingerprint density at radius 2 is 1.07 bits per heavy atom. The molecule has 0 saturated carbocycles. The third-order valence-electron chi connectivity index (χ3n) is 4.50. The molecule has 1 aliphatic rings. The zero-order valence-corrected chi connectivity index (χ0v) is 20.2. The lowest BCUT2D eigenvalue weighted by atomic mass is 9.94. The quantitative estimate of drug-likeness (QED) is 0.648. The molecule has 1 heterocycles. The SMILES string of the molecule is CC(C)(C)OC1CCCN(C(C)(C)C)CC(OC(C)(C)C)C1OC(C)(C)C. The van der Waals surface area contributed by atoms with E-state index >= 15 is 0 Å². The highest BCUT2D eigenvalue weighted by atomic mass is 16.6. The first kappa shape index (κ1) is 24.9. The maximum Gasteiger partial charge on any atom is 0.112 e. The van der Waals surface area contributed by atoms with E-state index in [1.165, 1.54) is 0 Å². The fraction of sp³-hybridized carbons (Fsp3) is 1.00. The summed E-state index contributed by atoms with van der Waals surface area (Å²) in [5.41, 5.74) is -0.600. The highest BCUT2D eigenvalue weighted by Crippen LogP contribution is 2.31. The lowest BCUT2D eigenvalue weighted by molar-refractivity contribution is -0.228. The van der Waals surface area contributed by atoms with Crippen molar-refractivity contribution in [2.75, 3.05) is 13.1 Å². The molecular weight excluding hydrogens is 338 g/mol. The van der Waals surface area contributed by atoms with E-state index in [1.54, 1.807) is 0 Å². The zero-order valence-electron chi connectivity index (χ0n) is 20.2. The Balaban J connectivity index is 3.27. The van der Waals surface area contributed by atoms with Gasteiger partial charge in [0.15, 0.2) is 0 Å². The highest BCUT2D eigenvalue weighted by molar-refractivity contribution is 4.92. The lowest BCUT2D eigenvalue weighted by Crippen LogP contribution is -2.58. The van der Waals surface area contributed by atoms with Crippen molar-refractivity contribution in [2.24, 2.45) is 0 Å². The number of rotatable bonds is 3. The molecule has 1 rings (SSSR count). The topological polar surface area (TPSA) is 30.9 Å². The first-order chi connectivity index (χ1) is 11.9. The molecule has 4 heteroatoms. The van der Waals surface area contributed by atoms with E-state index in [0.717, 1.165) is 25.9 Å². The van der Waals surface area contributed by atoms with Gasteiger partial charge in [0.05, 0.1) is 29.0 Å². The first-order valence-corrected chi connectivity index (χ1v) is 10.7. The van der Waals surface area contributed by atoms with Crippen molar-refractivity contribution in [3.63, 3.8) is 0 Å². The molecule has 0 radical (unpaired) electrons. The number of likely N-dealkylation sites (tertiary alicyclic amines) is 1. The van der Waals surface area contributed by atoms with Gasteiger partial charge in [-0.25, -0.2) is 0 Å². The van der Waals surface area contributed by atoms with Crippen LogP contribution in [0.15, 0.2) is 0 Å². The number of nitrogens with zero attached hydrogens (tertiary/aromatic N) is 1. The second kappa shape index (κ2) is 8.69. The zero-order chi connectivity index (χ0) is 21.3. The molecule has 3 atom stereocenters. The second-order valence-corrected chi connectivity index (χ2v) is 12.0. The lowest BCUT2D eigenvalue weighted by Gasteiger charge is -2.47. The summed E-state index contributed by atoms with van der Waals surface area (Å²) in [5, 5.41) is 0. The minimum Gasteiger partial charge on any atom is -0.370 e. The summed E-state index contributed by atoms with van der Waals surface area (Å²) >= 11 is 0. The molecule has 0 aromatic rings. The van der Waals surface area contributed by atoms with Gasteiger partial charge in [0, 0.05) is 12.1 Å². The Morgan fingerprint density at radius 1 is 0.630 bits per heavy atom. The maximum atomic E-state index is 6.62. The molecule has 0 amide bonds. The van der Waals surface area contributed by atoms with Crippen molar-refractivity contribution in [3.8, 4) is 0 Å². The summed E-state index contributed by atoms with van der Waals surface area (Å²) in [7, 11) is 0. The van der Waals surface area contributed by atoms with Crippen LogP contribution in [0.4, 0.5) is 0 Å². The van der Waals surface area contributed by atoms with Crippen LogP contribution in [-0.2, 0) is 14.2 Å². The molecule has 0 bridgehead atoms. The van der Waals surface area contributed by atoms with E-state index in [2.05, 4.69) is 88.0 Å². The summed E-state index contributed by atoms with van der Waals surface area (Å²) in [4.78, 5) is 2.54. The number of hydrogen-bond acceptors (Lipinski definition) is 4. The molecule has 0 N–H and O–H groups in total. The average molecular weight is 386 g/mol. The Bertz CT molecular complexity index is 448. The molecule has 1 aliphatic heterocycles. The Hall–Kier alpha value is -0.160. The van der Waals surface area contributed by atoms with Crippen LogP contribution in [-0.4, -0.2) is 58.6 Å². The van der Waals surface area contributed by atoms with Crippen LogP contribution in [0.5, 0.6) is 0 Å². The van der Waals surface area contributed by atoms with Gasteiger partial charge in [-0.3, -0.25) is 4.90 Å². The van der Waals surface area contributed by atoms with Gasteiger partial charge < -0.3 is 14.2 Å². The summed E-state index contributed by atoms with van der Waals surface area (Å²) in [5.74, 6) is 0. The van der Waals surface area contributed by atoms with Gasteiger partial charge in [-0.1, -0.05) is 0 Å². The van der Waals surface area contributed by atoms with Crippen LogP contribution in [0.1, 0.15) is 95.9 Å². The smallest absolute Gasteiger partial charge is 0.112 e. The van der Waals surface area contributed by atoms with Crippen LogP contribution in [0.2, 0.25) is 0 Å². The predicted octanol–water partition coefficient (Wildman–Crippen LogP) is 5.43. The van der Waals surface area contributed by atoms with Gasteiger partial charge in [-0.2, -0.15) is 0 Å². The first-order valence-electron chi connectivity index (χ1n) is 10.7. The average Bonchev–Trinajstić information content (AvgIpc) is 2.35. The minimum atomic E-state index is -0.255. The van der Waals surface area contributed by atoms with Gasteiger partial charge >= 0.3 is 0 Å². The molecular formula is C23H47NO3. The van der Waals surface area contributed by atoms with Crippen molar-refractivity contribution >= 4 is 0 Å². The number of ether oxygens (including phenoxy) is 3. The third-order valence-corrected chi connectivity index (χ3v) is 4.50. The van der Waals surface area contributed by atoms with Gasteiger partial charge in [0.25, 0.3) is 0 Å². The van der Waals surface area contributed by atoms with Crippen molar-refractivity contribution in [1.29, 1.82) is 0 Å². The summed E-state index contributed by atoms with van der Waals surface area (Å²) in [6, 6.07) is 0. The summed E-state index contributed by atoms with van der Waals surface area (Å²) in [6.45, 7) is 27.9. The van der Waals surface area contributed by atoms with Crippen LogP contribution in [0.3, 0.4) is 0 Å². The minimum absolute atomic E-state index is 0.0266. The predicted molar refractivity (Wildman–Crippen MR) is 114 cm³/mol. The summed E-state index contributed by atoms with van der Waals surface area (Å²) < 4.78 is 19.7. The maximum absolute atomic E-state index is 6.62. The molecule has 0 aliphatic carbocycles. The molecule has 162 valence electrons. The van der Waals surface area contributed by atoms with Crippen molar-refractivity contribution in [2.45, 2.75) is 137 Å². The Morgan fingerprint density at radius 3 is 1.48 bits per heavy atom. The Labute approximate surface area is 169 Å². The van der Waals surface area contributed by atoms with Gasteiger partial charge in [-0.15, -0.1) is 0 Å². The number of hydrogen-bond donors (Lipinski definition) is 0. The fourth-order valence-corrected chi connectivity index (χ4v) is 3.61. The largest absolute Gasteiger partial charge is 0.370 e. The van der Waals surface area contributed by atoms with Crippen molar-refractivity contribution in [3.05, 3.63) is 0 Å². The third kappa shape index (κ3) is 9.74. The summed E-state index contributed by atoms with van der Waals surface area (Å²) in [6.07, 6.45) is 1.96. The van der Waals surface area contributed by atoms with E-state index in [4.69, 9.17) is 14.2 Å². The second-order valence-electron chi connectivity index (χ2n) is 12.0. The van der Waals surface area contributed by atoms with Gasteiger partial charge in [0.1, 0.15) is 6.10 Å².